The first kappa shape index (κ1) is 11.1. The molecule has 0 bridgehead atoms. The van der Waals surface area contributed by atoms with E-state index in [9.17, 15) is 0 Å². The van der Waals surface area contributed by atoms with Gasteiger partial charge in [0, 0.05) is 10.6 Å². The second-order valence-corrected chi connectivity index (χ2v) is 3.74. The van der Waals surface area contributed by atoms with Gasteiger partial charge in [0.2, 0.25) is 11.7 Å². The molecule has 5 heteroatoms. The van der Waals surface area contributed by atoms with Crippen molar-refractivity contribution in [2.45, 2.75) is 13.5 Å². The van der Waals surface area contributed by atoms with Crippen LogP contribution in [0.4, 0.5) is 0 Å². The van der Waals surface area contributed by atoms with Crippen LogP contribution in [-0.2, 0) is 6.54 Å². The van der Waals surface area contributed by atoms with Crippen molar-refractivity contribution >= 4 is 11.6 Å². The van der Waals surface area contributed by atoms with Gasteiger partial charge in [0.1, 0.15) is 0 Å². The zero-order valence-corrected chi connectivity index (χ0v) is 9.66. The standard InChI is InChI=1S/C11H12ClN3O/c1-2-13-7-10-14-11(15-16-10)8-3-5-9(12)6-4-8/h3-6,13H,2,7H2,1H3. The van der Waals surface area contributed by atoms with Crippen LogP contribution in [0.15, 0.2) is 28.8 Å². The molecule has 0 spiro atoms. The van der Waals surface area contributed by atoms with E-state index in [1.54, 1.807) is 12.1 Å². The molecular weight excluding hydrogens is 226 g/mol. The van der Waals surface area contributed by atoms with E-state index in [1.807, 2.05) is 19.1 Å². The summed E-state index contributed by atoms with van der Waals surface area (Å²) in [7, 11) is 0. The first-order valence-corrected chi connectivity index (χ1v) is 5.46. The average Bonchev–Trinajstić information content (AvgIpc) is 2.76. The molecule has 0 fully saturated rings. The van der Waals surface area contributed by atoms with E-state index in [2.05, 4.69) is 15.5 Å². The van der Waals surface area contributed by atoms with Crippen molar-refractivity contribution < 1.29 is 4.52 Å². The Morgan fingerprint density at radius 2 is 2.06 bits per heavy atom. The lowest BCUT2D eigenvalue weighted by molar-refractivity contribution is 0.369. The largest absolute Gasteiger partial charge is 0.338 e. The Morgan fingerprint density at radius 3 is 2.75 bits per heavy atom. The molecule has 84 valence electrons. The molecule has 1 N–H and O–H groups in total. The number of halogens is 1. The fraction of sp³-hybridized carbons (Fsp3) is 0.273. The van der Waals surface area contributed by atoms with E-state index >= 15 is 0 Å². The fourth-order valence-corrected chi connectivity index (χ4v) is 1.40. The molecule has 0 aliphatic carbocycles. The maximum absolute atomic E-state index is 5.80. The predicted octanol–water partition coefficient (Wildman–Crippen LogP) is 2.50. The molecule has 0 aliphatic heterocycles. The second kappa shape index (κ2) is 5.09. The summed E-state index contributed by atoms with van der Waals surface area (Å²) in [6.45, 7) is 3.49. The van der Waals surface area contributed by atoms with Gasteiger partial charge in [-0.25, -0.2) is 0 Å². The maximum Gasteiger partial charge on any atom is 0.240 e. The summed E-state index contributed by atoms with van der Waals surface area (Å²) in [5.74, 6) is 1.18. The summed E-state index contributed by atoms with van der Waals surface area (Å²) < 4.78 is 5.09. The fourth-order valence-electron chi connectivity index (χ4n) is 1.27. The molecule has 0 amide bonds. The van der Waals surface area contributed by atoms with Gasteiger partial charge < -0.3 is 9.84 Å². The van der Waals surface area contributed by atoms with Crippen LogP contribution >= 0.6 is 11.6 Å². The third kappa shape index (κ3) is 2.59. The van der Waals surface area contributed by atoms with E-state index in [0.717, 1.165) is 12.1 Å². The van der Waals surface area contributed by atoms with Crippen LogP contribution in [0.5, 0.6) is 0 Å². The summed E-state index contributed by atoms with van der Waals surface area (Å²) in [6, 6.07) is 7.34. The number of hydrogen-bond acceptors (Lipinski definition) is 4. The molecule has 0 aliphatic rings. The van der Waals surface area contributed by atoms with Gasteiger partial charge in [-0.05, 0) is 30.8 Å². The first-order chi connectivity index (χ1) is 7.79. The lowest BCUT2D eigenvalue weighted by Crippen LogP contribution is -2.11. The molecule has 0 saturated carbocycles. The van der Waals surface area contributed by atoms with Gasteiger partial charge in [-0.3, -0.25) is 0 Å². The summed E-state index contributed by atoms with van der Waals surface area (Å²) in [6.07, 6.45) is 0. The van der Waals surface area contributed by atoms with Crippen molar-refractivity contribution in [1.82, 2.24) is 15.5 Å². The molecule has 2 rings (SSSR count). The topological polar surface area (TPSA) is 51.0 Å². The quantitative estimate of drug-likeness (QED) is 0.888. The number of benzene rings is 1. The lowest BCUT2D eigenvalue weighted by Gasteiger charge is -1.94. The van der Waals surface area contributed by atoms with Crippen molar-refractivity contribution in [2.75, 3.05) is 6.54 Å². The van der Waals surface area contributed by atoms with Crippen LogP contribution in [-0.4, -0.2) is 16.7 Å². The Hall–Kier alpha value is -1.39. The average molecular weight is 238 g/mol. The third-order valence-electron chi connectivity index (χ3n) is 2.10. The van der Waals surface area contributed by atoms with Crippen molar-refractivity contribution in [3.8, 4) is 11.4 Å². The van der Waals surface area contributed by atoms with Gasteiger partial charge >= 0.3 is 0 Å². The van der Waals surface area contributed by atoms with Crippen LogP contribution < -0.4 is 5.32 Å². The summed E-state index contributed by atoms with van der Waals surface area (Å²) in [5.41, 5.74) is 0.899. The molecule has 0 unspecified atom stereocenters. The molecule has 0 radical (unpaired) electrons. The van der Waals surface area contributed by atoms with Crippen molar-refractivity contribution in [1.29, 1.82) is 0 Å². The van der Waals surface area contributed by atoms with Gasteiger partial charge in [-0.1, -0.05) is 23.7 Å². The molecule has 16 heavy (non-hydrogen) atoms. The Kier molecular flexibility index (Phi) is 3.54. The van der Waals surface area contributed by atoms with Gasteiger partial charge in [0.05, 0.1) is 6.54 Å². The molecular formula is C11H12ClN3O. The van der Waals surface area contributed by atoms with E-state index in [0.29, 0.717) is 23.3 Å². The summed E-state index contributed by atoms with van der Waals surface area (Å²) in [4.78, 5) is 4.26. The van der Waals surface area contributed by atoms with Crippen molar-refractivity contribution in [2.24, 2.45) is 0 Å². The Bertz CT molecular complexity index is 453. The van der Waals surface area contributed by atoms with Crippen LogP contribution in [0.25, 0.3) is 11.4 Å². The smallest absolute Gasteiger partial charge is 0.240 e. The van der Waals surface area contributed by atoms with E-state index in [-0.39, 0.29) is 0 Å². The highest BCUT2D eigenvalue weighted by Crippen LogP contribution is 2.18. The SMILES string of the molecule is CCNCc1nc(-c2ccc(Cl)cc2)no1. The molecule has 0 saturated heterocycles. The van der Waals surface area contributed by atoms with Crippen LogP contribution in [0, 0.1) is 0 Å². The van der Waals surface area contributed by atoms with Gasteiger partial charge in [-0.15, -0.1) is 0 Å². The van der Waals surface area contributed by atoms with Crippen LogP contribution in [0.2, 0.25) is 5.02 Å². The third-order valence-corrected chi connectivity index (χ3v) is 2.35. The van der Waals surface area contributed by atoms with Gasteiger partial charge in [-0.2, -0.15) is 4.98 Å². The van der Waals surface area contributed by atoms with Crippen molar-refractivity contribution in [3.63, 3.8) is 0 Å². The normalized spacial score (nSPS) is 10.6. The highest BCUT2D eigenvalue weighted by Gasteiger charge is 2.07. The maximum atomic E-state index is 5.80. The van der Waals surface area contributed by atoms with Crippen LogP contribution in [0.3, 0.4) is 0 Å². The Labute approximate surface area is 98.6 Å². The number of aromatic nitrogens is 2. The molecule has 2 aromatic rings. The van der Waals surface area contributed by atoms with Gasteiger partial charge in [0.25, 0.3) is 0 Å². The Balaban J connectivity index is 2.15. The molecule has 4 nitrogen and oxygen atoms in total. The van der Waals surface area contributed by atoms with E-state index < -0.39 is 0 Å². The Morgan fingerprint density at radius 1 is 1.31 bits per heavy atom. The number of hydrogen-bond donors (Lipinski definition) is 1. The monoisotopic (exact) mass is 237 g/mol. The van der Waals surface area contributed by atoms with Crippen LogP contribution in [0.1, 0.15) is 12.8 Å². The number of nitrogens with zero attached hydrogens (tertiary/aromatic N) is 2. The summed E-state index contributed by atoms with van der Waals surface area (Å²) >= 11 is 5.80. The molecule has 1 heterocycles. The van der Waals surface area contributed by atoms with E-state index in [1.165, 1.54) is 0 Å². The first-order valence-electron chi connectivity index (χ1n) is 5.09. The number of rotatable bonds is 4. The van der Waals surface area contributed by atoms with Crippen molar-refractivity contribution in [3.05, 3.63) is 35.2 Å². The predicted molar refractivity (Wildman–Crippen MR) is 62.1 cm³/mol. The highest BCUT2D eigenvalue weighted by atomic mass is 35.5. The minimum Gasteiger partial charge on any atom is -0.338 e. The zero-order valence-electron chi connectivity index (χ0n) is 8.90. The highest BCUT2D eigenvalue weighted by molar-refractivity contribution is 6.30. The molecule has 0 atom stereocenters. The minimum atomic E-state index is 0.588. The number of nitrogens with one attached hydrogen (secondary N) is 1. The van der Waals surface area contributed by atoms with Gasteiger partial charge in [0.15, 0.2) is 0 Å². The minimum absolute atomic E-state index is 0.588. The second-order valence-electron chi connectivity index (χ2n) is 3.30. The molecule has 1 aromatic heterocycles. The molecule has 1 aromatic carbocycles. The zero-order chi connectivity index (χ0) is 11.4. The van der Waals surface area contributed by atoms with E-state index in [4.69, 9.17) is 16.1 Å². The summed E-state index contributed by atoms with van der Waals surface area (Å²) in [5, 5.41) is 7.72. The lowest BCUT2D eigenvalue weighted by atomic mass is 10.2.